The van der Waals surface area contributed by atoms with Crippen LogP contribution in [0.4, 0.5) is 0 Å². The molecule has 0 aromatic rings. The zero-order valence-corrected chi connectivity index (χ0v) is 40.6. The Bertz CT molecular complexity index is 981. The molecule has 0 aromatic carbocycles. The van der Waals surface area contributed by atoms with Crippen LogP contribution in [0.25, 0.3) is 0 Å². The van der Waals surface area contributed by atoms with E-state index >= 15 is 0 Å². The maximum atomic E-state index is 13.0. The monoisotopic (exact) mass is 882 g/mol. The Morgan fingerprint density at radius 1 is 0.532 bits per heavy atom. The van der Waals surface area contributed by atoms with Gasteiger partial charge in [-0.15, -0.1) is 0 Å². The van der Waals surface area contributed by atoms with Crippen molar-refractivity contribution in [3.63, 3.8) is 0 Å². The van der Waals surface area contributed by atoms with Gasteiger partial charge in [0.05, 0.1) is 25.4 Å². The molecule has 62 heavy (non-hydrogen) atoms. The molecule has 1 amide bonds. The normalized spacial score (nSPS) is 20.3. The van der Waals surface area contributed by atoms with Crippen molar-refractivity contribution >= 4 is 5.91 Å². The van der Waals surface area contributed by atoms with Gasteiger partial charge in [-0.2, -0.15) is 0 Å². The first-order valence-corrected chi connectivity index (χ1v) is 26.9. The van der Waals surface area contributed by atoms with E-state index in [4.69, 9.17) is 9.47 Å². The summed E-state index contributed by atoms with van der Waals surface area (Å²) in [7, 11) is 0. The number of rotatable bonds is 46. The van der Waals surface area contributed by atoms with Gasteiger partial charge in [-0.05, 0) is 19.3 Å². The van der Waals surface area contributed by atoms with Crippen LogP contribution >= 0.6 is 0 Å². The Kier molecular flexibility index (Phi) is 41.6. The van der Waals surface area contributed by atoms with Gasteiger partial charge in [0, 0.05) is 6.42 Å². The highest BCUT2D eigenvalue weighted by atomic mass is 16.7. The first kappa shape index (κ1) is 58.9. The minimum atomic E-state index is -1.56. The number of unbranched alkanes of at least 4 members (excludes halogenated alkanes) is 36. The molecule has 2 unspecified atom stereocenters. The molecule has 0 saturated carbocycles. The van der Waals surface area contributed by atoms with Gasteiger partial charge in [-0.25, -0.2) is 0 Å². The Balaban J connectivity index is 2.24. The second-order valence-corrected chi connectivity index (χ2v) is 19.0. The minimum Gasteiger partial charge on any atom is -0.394 e. The fourth-order valence-electron chi connectivity index (χ4n) is 8.81. The van der Waals surface area contributed by atoms with Crippen LogP contribution in [0.15, 0.2) is 12.2 Å². The third-order valence-electron chi connectivity index (χ3n) is 13.1. The molecule has 1 aliphatic rings. The van der Waals surface area contributed by atoms with Gasteiger partial charge in [0.1, 0.15) is 24.4 Å². The SMILES string of the molecule is CCCCCCCCCCCCCCCC/C=C/[C@@H](O)[C@H](CO[C@@H]1O[C@H](CO)[C@@H](O)C(O)C1O)NC(=O)CCCCCCCCCCCCCCCCCCCCCCCCC. The van der Waals surface area contributed by atoms with E-state index in [9.17, 15) is 30.3 Å². The summed E-state index contributed by atoms with van der Waals surface area (Å²) in [5, 5.41) is 54.4. The molecule has 368 valence electrons. The standard InChI is InChI=1S/C53H103NO8/c1-3-5-7-9-11-13-15-17-19-21-22-23-24-25-26-27-29-31-33-35-37-39-41-43-49(57)54-46(45-61-53-52(60)51(59)50(58)48(44-55)62-53)47(56)42-40-38-36-34-32-30-28-20-18-16-14-12-10-8-6-4-2/h40,42,46-48,50-53,55-56,58-60H,3-39,41,43-45H2,1-2H3,(H,54,57)/b42-40+/t46-,47+,48+,50+,51?,52?,53+/m0/s1. The lowest BCUT2D eigenvalue weighted by Gasteiger charge is -2.40. The number of allylic oxidation sites excluding steroid dienone is 1. The molecule has 1 heterocycles. The predicted octanol–water partition coefficient (Wildman–Crippen LogP) is 12.5. The van der Waals surface area contributed by atoms with Crippen LogP contribution in [0.3, 0.4) is 0 Å². The summed E-state index contributed by atoms with van der Waals surface area (Å²) in [5.41, 5.74) is 0. The van der Waals surface area contributed by atoms with Gasteiger partial charge < -0.3 is 40.3 Å². The number of ether oxygens (including phenoxy) is 2. The van der Waals surface area contributed by atoms with Crippen LogP contribution in [-0.4, -0.2) is 87.5 Å². The molecule has 1 fully saturated rings. The van der Waals surface area contributed by atoms with Crippen LogP contribution in [0.2, 0.25) is 0 Å². The van der Waals surface area contributed by atoms with E-state index in [1.165, 1.54) is 205 Å². The third-order valence-corrected chi connectivity index (χ3v) is 13.1. The smallest absolute Gasteiger partial charge is 0.220 e. The van der Waals surface area contributed by atoms with Crippen LogP contribution in [0, 0.1) is 0 Å². The molecule has 6 N–H and O–H groups in total. The van der Waals surface area contributed by atoms with E-state index in [-0.39, 0.29) is 12.5 Å². The van der Waals surface area contributed by atoms with E-state index in [1.54, 1.807) is 6.08 Å². The van der Waals surface area contributed by atoms with E-state index in [0.29, 0.717) is 6.42 Å². The Labute approximate surface area is 382 Å². The van der Waals surface area contributed by atoms with E-state index < -0.39 is 49.5 Å². The Morgan fingerprint density at radius 2 is 0.887 bits per heavy atom. The van der Waals surface area contributed by atoms with E-state index in [1.807, 2.05) is 6.08 Å². The van der Waals surface area contributed by atoms with Crippen molar-refractivity contribution in [2.75, 3.05) is 13.2 Å². The highest BCUT2D eigenvalue weighted by molar-refractivity contribution is 5.76. The fraction of sp³-hybridized carbons (Fsp3) is 0.943. The third kappa shape index (κ3) is 33.4. The lowest BCUT2D eigenvalue weighted by Crippen LogP contribution is -2.60. The molecule has 7 atom stereocenters. The fourth-order valence-corrected chi connectivity index (χ4v) is 8.81. The van der Waals surface area contributed by atoms with Crippen molar-refractivity contribution in [1.29, 1.82) is 0 Å². The topological polar surface area (TPSA) is 149 Å². The molecule has 9 nitrogen and oxygen atoms in total. The second kappa shape index (κ2) is 43.8. The quantitative estimate of drug-likeness (QED) is 0.0261. The number of carbonyl (C=O) groups excluding carboxylic acids is 1. The zero-order chi connectivity index (χ0) is 45.1. The molecule has 0 radical (unpaired) electrons. The van der Waals surface area contributed by atoms with Crippen molar-refractivity contribution in [3.8, 4) is 0 Å². The molecule has 0 aliphatic carbocycles. The van der Waals surface area contributed by atoms with Crippen molar-refractivity contribution in [3.05, 3.63) is 12.2 Å². The molecule has 1 aliphatic heterocycles. The van der Waals surface area contributed by atoms with Gasteiger partial charge in [-0.1, -0.05) is 251 Å². The molecule has 0 bridgehead atoms. The summed E-state index contributed by atoms with van der Waals surface area (Å²) in [6.07, 6.45) is 45.5. The van der Waals surface area contributed by atoms with E-state index in [2.05, 4.69) is 19.2 Å². The van der Waals surface area contributed by atoms with Crippen LogP contribution < -0.4 is 5.32 Å². The highest BCUT2D eigenvalue weighted by Crippen LogP contribution is 2.23. The number of aliphatic hydroxyl groups excluding tert-OH is 5. The summed E-state index contributed by atoms with van der Waals surface area (Å²) in [6, 6.07) is -0.799. The number of carbonyl (C=O) groups is 1. The number of amides is 1. The number of hydrogen-bond acceptors (Lipinski definition) is 8. The van der Waals surface area contributed by atoms with Crippen molar-refractivity contribution in [1.82, 2.24) is 5.32 Å². The summed E-state index contributed by atoms with van der Waals surface area (Å²) >= 11 is 0. The first-order valence-electron chi connectivity index (χ1n) is 26.9. The van der Waals surface area contributed by atoms with Gasteiger partial charge in [-0.3, -0.25) is 4.79 Å². The summed E-state index contributed by atoms with van der Waals surface area (Å²) in [5.74, 6) is -0.171. The molecule has 1 rings (SSSR count). The number of hydrogen-bond donors (Lipinski definition) is 6. The van der Waals surface area contributed by atoms with Gasteiger partial charge >= 0.3 is 0 Å². The maximum Gasteiger partial charge on any atom is 0.220 e. The molecular formula is C53H103NO8. The lowest BCUT2D eigenvalue weighted by atomic mass is 9.99. The number of aliphatic hydroxyl groups is 5. The van der Waals surface area contributed by atoms with Gasteiger partial charge in [0.2, 0.25) is 5.91 Å². The summed E-state index contributed by atoms with van der Waals surface area (Å²) in [4.78, 5) is 13.0. The van der Waals surface area contributed by atoms with Gasteiger partial charge in [0.25, 0.3) is 0 Å². The van der Waals surface area contributed by atoms with Gasteiger partial charge in [0.15, 0.2) is 6.29 Å². The molecule has 0 aromatic heterocycles. The number of nitrogens with one attached hydrogen (secondary N) is 1. The molecular weight excluding hydrogens is 779 g/mol. The average Bonchev–Trinajstić information content (AvgIpc) is 3.27. The summed E-state index contributed by atoms with van der Waals surface area (Å²) < 4.78 is 11.3. The molecule has 1 saturated heterocycles. The minimum absolute atomic E-state index is 0.171. The van der Waals surface area contributed by atoms with E-state index in [0.717, 1.165) is 38.5 Å². The molecule has 0 spiro atoms. The van der Waals surface area contributed by atoms with Crippen molar-refractivity contribution in [2.24, 2.45) is 0 Å². The van der Waals surface area contributed by atoms with Crippen molar-refractivity contribution in [2.45, 2.75) is 307 Å². The first-order chi connectivity index (χ1) is 30.3. The van der Waals surface area contributed by atoms with Crippen LogP contribution in [0.1, 0.15) is 264 Å². The average molecular weight is 882 g/mol. The largest absolute Gasteiger partial charge is 0.394 e. The zero-order valence-electron chi connectivity index (χ0n) is 40.6. The van der Waals surface area contributed by atoms with Crippen molar-refractivity contribution < 1.29 is 39.8 Å². The highest BCUT2D eigenvalue weighted by Gasteiger charge is 2.44. The van der Waals surface area contributed by atoms with Crippen LogP contribution in [-0.2, 0) is 14.3 Å². The second-order valence-electron chi connectivity index (χ2n) is 19.0. The molecule has 9 heteroatoms. The Hall–Kier alpha value is -1.07. The van der Waals surface area contributed by atoms with Crippen LogP contribution in [0.5, 0.6) is 0 Å². The Morgan fingerprint density at radius 3 is 1.26 bits per heavy atom. The maximum absolute atomic E-state index is 13.0. The summed E-state index contributed by atoms with van der Waals surface area (Å²) in [6.45, 7) is 3.81. The predicted molar refractivity (Wildman–Crippen MR) is 258 cm³/mol. The lowest BCUT2D eigenvalue weighted by molar-refractivity contribution is -0.302.